The quantitative estimate of drug-likeness (QED) is 0.706. The molecular weight excluding hydrogens is 356 g/mol. The van der Waals surface area contributed by atoms with Gasteiger partial charge in [-0.2, -0.15) is 0 Å². The monoisotopic (exact) mass is 374 g/mol. The lowest BCUT2D eigenvalue weighted by atomic mass is 9.91. The van der Waals surface area contributed by atoms with Crippen LogP contribution in [-0.4, -0.2) is 15.3 Å². The summed E-state index contributed by atoms with van der Waals surface area (Å²) in [5.74, 6) is 0.693. The minimum absolute atomic E-state index is 0.00957. The van der Waals surface area contributed by atoms with Crippen LogP contribution < -0.4 is 14.8 Å². The van der Waals surface area contributed by atoms with Crippen LogP contribution in [0.4, 0.5) is 0 Å². The molecule has 0 aromatic carbocycles. The molecule has 0 atom stereocenters. The highest BCUT2D eigenvalue weighted by Crippen LogP contribution is 2.24. The number of thiazole rings is 2. The van der Waals surface area contributed by atoms with Crippen LogP contribution in [0.15, 0.2) is 33.0 Å². The van der Waals surface area contributed by atoms with Crippen molar-refractivity contribution >= 4 is 40.6 Å². The molecule has 3 aromatic rings. The Bertz CT molecular complexity index is 1080. The molecule has 0 saturated carbocycles. The highest BCUT2D eigenvalue weighted by molar-refractivity contribution is 7.13. The van der Waals surface area contributed by atoms with Gasteiger partial charge in [-0.15, -0.1) is 22.7 Å². The first-order chi connectivity index (χ1) is 11.8. The second-order valence-electron chi connectivity index (χ2n) is 6.63. The lowest BCUT2D eigenvalue weighted by Gasteiger charge is -2.12. The summed E-state index contributed by atoms with van der Waals surface area (Å²) in [6.07, 6.45) is 4.89. The summed E-state index contributed by atoms with van der Waals surface area (Å²) >= 11 is 2.75. The number of furan rings is 1. The minimum atomic E-state index is -0.475. The van der Waals surface area contributed by atoms with E-state index in [0.717, 1.165) is 5.01 Å². The van der Waals surface area contributed by atoms with Gasteiger partial charge in [-0.3, -0.25) is 9.59 Å². The van der Waals surface area contributed by atoms with Crippen LogP contribution in [0.25, 0.3) is 22.9 Å². The average molecular weight is 374 g/mol. The Labute approximate surface area is 152 Å². The lowest BCUT2D eigenvalue weighted by molar-refractivity contribution is -0.120. The third-order valence-corrected chi connectivity index (χ3v) is 5.58. The highest BCUT2D eigenvalue weighted by atomic mass is 32.1. The van der Waals surface area contributed by atoms with E-state index in [0.29, 0.717) is 20.6 Å². The van der Waals surface area contributed by atoms with E-state index in [2.05, 4.69) is 4.98 Å². The maximum Gasteiger partial charge on any atom is 0.268 e. The molecule has 0 radical (unpaired) electrons. The zero-order valence-electron chi connectivity index (χ0n) is 14.4. The van der Waals surface area contributed by atoms with Crippen LogP contribution >= 0.6 is 22.7 Å². The Kier molecular flexibility index (Phi) is 4.62. The van der Waals surface area contributed by atoms with Gasteiger partial charge < -0.3 is 8.98 Å². The Morgan fingerprint density at radius 3 is 2.76 bits per heavy atom. The molecule has 0 spiro atoms. The number of nitrogens with zero attached hydrogens (tertiary/aromatic N) is 2. The van der Waals surface area contributed by atoms with Gasteiger partial charge in [0.05, 0.1) is 16.5 Å². The fourth-order valence-corrected chi connectivity index (χ4v) is 3.80. The van der Waals surface area contributed by atoms with E-state index in [4.69, 9.17) is 4.42 Å². The largest absolute Gasteiger partial charge is 0.462 e. The molecule has 0 saturated heterocycles. The summed E-state index contributed by atoms with van der Waals surface area (Å²) in [5, 5.41) is 2.64. The Hall–Kier alpha value is -2.25. The highest BCUT2D eigenvalue weighted by Gasteiger charge is 2.19. The number of carbonyl (C=O) groups excluding carboxylic acids is 1. The van der Waals surface area contributed by atoms with Crippen molar-refractivity contribution in [1.29, 1.82) is 0 Å². The van der Waals surface area contributed by atoms with Gasteiger partial charge in [0.25, 0.3) is 5.56 Å². The van der Waals surface area contributed by atoms with Gasteiger partial charge in [-0.25, -0.2) is 4.98 Å². The molecular formula is C18H18N2O3S2. The normalized spacial score (nSPS) is 13.6. The van der Waals surface area contributed by atoms with E-state index in [1.165, 1.54) is 27.2 Å². The van der Waals surface area contributed by atoms with Gasteiger partial charge in [0.2, 0.25) is 0 Å². The predicted molar refractivity (Wildman–Crippen MR) is 101 cm³/mol. The standard InChI is InChI=1S/C18H18N2O3S2/c1-18(2,3)14(21)9-15-20(4)17(22)13(25-15)8-11-10-24-16(19-11)12-6-5-7-23-12/h5-10H,1-4H3/b13-8+,15-9+. The SMILES string of the molecule is Cn1c(=O)/c(=C\c2csc(-c3ccco3)n2)s/c1=C/C(=O)C(C)(C)C. The van der Waals surface area contributed by atoms with Gasteiger partial charge in [0.15, 0.2) is 16.6 Å². The third-order valence-electron chi connectivity index (χ3n) is 3.59. The summed E-state index contributed by atoms with van der Waals surface area (Å²) < 4.78 is 8.02. The summed E-state index contributed by atoms with van der Waals surface area (Å²) in [6.45, 7) is 5.57. The van der Waals surface area contributed by atoms with Crippen LogP contribution in [0.1, 0.15) is 26.5 Å². The van der Waals surface area contributed by atoms with E-state index in [-0.39, 0.29) is 11.3 Å². The molecule has 0 N–H and O–H groups in total. The molecule has 0 amide bonds. The smallest absolute Gasteiger partial charge is 0.268 e. The minimum Gasteiger partial charge on any atom is -0.462 e. The molecule has 25 heavy (non-hydrogen) atoms. The van der Waals surface area contributed by atoms with Crippen LogP contribution in [0.3, 0.4) is 0 Å². The van der Waals surface area contributed by atoms with Gasteiger partial charge in [0.1, 0.15) is 4.66 Å². The van der Waals surface area contributed by atoms with E-state index >= 15 is 0 Å². The second kappa shape index (κ2) is 6.57. The summed E-state index contributed by atoms with van der Waals surface area (Å²) in [5.41, 5.74) is 0.0890. The van der Waals surface area contributed by atoms with Crippen LogP contribution in [0, 0.1) is 5.41 Å². The van der Waals surface area contributed by atoms with E-state index in [9.17, 15) is 9.59 Å². The Balaban J connectivity index is 2.03. The molecule has 3 heterocycles. The Morgan fingerprint density at radius 1 is 1.36 bits per heavy atom. The van der Waals surface area contributed by atoms with Gasteiger partial charge in [-0.1, -0.05) is 20.8 Å². The van der Waals surface area contributed by atoms with Crippen LogP contribution in [-0.2, 0) is 11.8 Å². The average Bonchev–Trinajstić information content (AvgIpc) is 3.25. The lowest BCUT2D eigenvalue weighted by Crippen LogP contribution is -2.30. The molecule has 130 valence electrons. The maximum absolute atomic E-state index is 12.4. The number of ketones is 1. The number of rotatable bonds is 3. The summed E-state index contributed by atoms with van der Waals surface area (Å²) in [7, 11) is 1.67. The molecule has 3 aromatic heterocycles. The number of hydrogen-bond donors (Lipinski definition) is 0. The van der Waals surface area contributed by atoms with Crippen molar-refractivity contribution in [3.8, 4) is 10.8 Å². The van der Waals surface area contributed by atoms with E-state index in [1.54, 1.807) is 25.5 Å². The molecule has 3 rings (SSSR count). The first-order valence-corrected chi connectivity index (χ1v) is 9.38. The molecule has 0 aliphatic carbocycles. The first-order valence-electron chi connectivity index (χ1n) is 7.69. The molecule has 0 aliphatic rings. The number of Topliss-reactive ketones (excluding diaryl/α,β-unsaturated/α-hetero) is 1. The fourth-order valence-electron chi connectivity index (χ4n) is 2.04. The second-order valence-corrected chi connectivity index (χ2v) is 8.55. The van der Waals surface area contributed by atoms with Crippen molar-refractivity contribution in [3.05, 3.63) is 49.0 Å². The third kappa shape index (κ3) is 3.72. The van der Waals surface area contributed by atoms with Crippen LogP contribution in [0.5, 0.6) is 0 Å². The molecule has 0 fully saturated rings. The number of carbonyl (C=O) groups is 1. The summed E-state index contributed by atoms with van der Waals surface area (Å²) in [4.78, 5) is 29.1. The van der Waals surface area contributed by atoms with Crippen molar-refractivity contribution in [2.75, 3.05) is 0 Å². The van der Waals surface area contributed by atoms with Gasteiger partial charge in [0, 0.05) is 23.9 Å². The molecule has 0 bridgehead atoms. The zero-order chi connectivity index (χ0) is 18.2. The number of aromatic nitrogens is 2. The van der Waals surface area contributed by atoms with Crippen molar-refractivity contribution in [2.45, 2.75) is 20.8 Å². The van der Waals surface area contributed by atoms with Crippen molar-refractivity contribution in [1.82, 2.24) is 9.55 Å². The van der Waals surface area contributed by atoms with Gasteiger partial charge in [-0.05, 0) is 18.2 Å². The summed E-state index contributed by atoms with van der Waals surface area (Å²) in [6, 6.07) is 3.65. The number of hydrogen-bond acceptors (Lipinski definition) is 6. The molecule has 7 heteroatoms. The van der Waals surface area contributed by atoms with Crippen molar-refractivity contribution in [3.63, 3.8) is 0 Å². The van der Waals surface area contributed by atoms with Gasteiger partial charge >= 0.3 is 0 Å². The maximum atomic E-state index is 12.4. The topological polar surface area (TPSA) is 65.1 Å². The molecule has 5 nitrogen and oxygen atoms in total. The first kappa shape index (κ1) is 17.6. The van der Waals surface area contributed by atoms with E-state index in [1.807, 2.05) is 38.3 Å². The molecule has 0 aliphatic heterocycles. The van der Waals surface area contributed by atoms with Crippen LogP contribution in [0.2, 0.25) is 0 Å². The molecule has 0 unspecified atom stereocenters. The zero-order valence-corrected chi connectivity index (χ0v) is 16.0. The fraction of sp³-hybridized carbons (Fsp3) is 0.278. The van der Waals surface area contributed by atoms with Crippen molar-refractivity contribution < 1.29 is 9.21 Å². The van der Waals surface area contributed by atoms with Crippen molar-refractivity contribution in [2.24, 2.45) is 12.5 Å². The predicted octanol–water partition coefficient (Wildman–Crippen LogP) is 2.39. The Morgan fingerprint density at radius 2 is 2.12 bits per heavy atom. The van der Waals surface area contributed by atoms with E-state index < -0.39 is 5.41 Å².